The lowest BCUT2D eigenvalue weighted by Gasteiger charge is -2.01. The van der Waals surface area contributed by atoms with Crippen LogP contribution in [0, 0.1) is 0 Å². The number of aromatic nitrogens is 2. The van der Waals surface area contributed by atoms with Crippen LogP contribution in [0.1, 0.15) is 10.5 Å². The van der Waals surface area contributed by atoms with Crippen LogP contribution in [0.2, 0.25) is 5.02 Å². The van der Waals surface area contributed by atoms with Gasteiger partial charge in [-0.05, 0) is 0 Å². The number of carbonyl (C=O) groups excluding carboxylic acids is 1. The zero-order chi connectivity index (χ0) is 9.30. The normalized spacial score (nSPS) is 9.75. The highest BCUT2D eigenvalue weighted by atomic mass is 35.5. The van der Waals surface area contributed by atoms with Crippen molar-refractivity contribution in [1.82, 2.24) is 9.97 Å². The van der Waals surface area contributed by atoms with Gasteiger partial charge >= 0.3 is 0 Å². The summed E-state index contributed by atoms with van der Waals surface area (Å²) in [5, 5.41) is -0.0725. The van der Waals surface area contributed by atoms with E-state index in [0.29, 0.717) is 0 Å². The molecule has 64 valence electrons. The number of carbonyl (C=O) groups is 1. The van der Waals surface area contributed by atoms with E-state index in [1.165, 1.54) is 0 Å². The molecule has 6 N–H and O–H groups in total. The number of anilines is 2. The maximum absolute atomic E-state index is 10.7. The molecule has 0 saturated heterocycles. The summed E-state index contributed by atoms with van der Waals surface area (Å²) in [6, 6.07) is 0. The van der Waals surface area contributed by atoms with Crippen molar-refractivity contribution in [2.24, 2.45) is 5.73 Å². The maximum Gasteiger partial charge on any atom is 0.269 e. The summed E-state index contributed by atoms with van der Waals surface area (Å²) >= 11 is 5.55. The number of rotatable bonds is 1. The van der Waals surface area contributed by atoms with Crippen molar-refractivity contribution in [3.63, 3.8) is 0 Å². The maximum atomic E-state index is 10.7. The Labute approximate surface area is 72.7 Å². The van der Waals surface area contributed by atoms with Gasteiger partial charge in [0.1, 0.15) is 10.8 Å². The number of nitrogen functional groups attached to an aromatic ring is 2. The second kappa shape index (κ2) is 2.82. The first-order chi connectivity index (χ1) is 5.52. The number of nitrogens with zero attached hydrogens (tertiary/aromatic N) is 2. The van der Waals surface area contributed by atoms with Gasteiger partial charge in [0.25, 0.3) is 5.91 Å². The van der Waals surface area contributed by atoms with Crippen molar-refractivity contribution < 1.29 is 4.79 Å². The van der Waals surface area contributed by atoms with E-state index in [1.54, 1.807) is 0 Å². The fraction of sp³-hybridized carbons (Fsp3) is 0. The van der Waals surface area contributed by atoms with Gasteiger partial charge < -0.3 is 17.2 Å². The largest absolute Gasteiger partial charge is 0.382 e. The molecule has 0 atom stereocenters. The molecule has 0 bridgehead atoms. The third-order valence-corrected chi connectivity index (χ3v) is 1.50. The highest BCUT2D eigenvalue weighted by Gasteiger charge is 2.13. The zero-order valence-electron chi connectivity index (χ0n) is 5.91. The van der Waals surface area contributed by atoms with E-state index in [9.17, 15) is 4.79 Å². The Morgan fingerprint density at radius 2 is 1.92 bits per heavy atom. The Hall–Kier alpha value is -1.56. The van der Waals surface area contributed by atoms with E-state index in [0.717, 1.165) is 0 Å². The number of primary amides is 1. The molecule has 0 fully saturated rings. The minimum absolute atomic E-state index is 0.0574. The van der Waals surface area contributed by atoms with Crippen LogP contribution in [-0.4, -0.2) is 15.9 Å². The third-order valence-electron chi connectivity index (χ3n) is 1.13. The van der Waals surface area contributed by atoms with Crippen LogP contribution < -0.4 is 17.2 Å². The Morgan fingerprint density at radius 1 is 1.33 bits per heavy atom. The number of amides is 1. The second-order valence-corrected chi connectivity index (χ2v) is 2.37. The average Bonchev–Trinajstić information content (AvgIpc) is 1.96. The summed E-state index contributed by atoms with van der Waals surface area (Å²) in [4.78, 5) is 17.7. The molecule has 0 aliphatic carbocycles. The van der Waals surface area contributed by atoms with Crippen molar-refractivity contribution in [3.8, 4) is 0 Å². The summed E-state index contributed by atoms with van der Waals surface area (Å²) in [6.07, 6.45) is 0. The van der Waals surface area contributed by atoms with Gasteiger partial charge in [-0.3, -0.25) is 4.79 Å². The Kier molecular flexibility index (Phi) is 2.01. The van der Waals surface area contributed by atoms with Gasteiger partial charge in [-0.25, -0.2) is 4.98 Å². The molecular formula is C5H6ClN5O. The molecular weight excluding hydrogens is 182 g/mol. The van der Waals surface area contributed by atoms with E-state index in [2.05, 4.69) is 9.97 Å². The lowest BCUT2D eigenvalue weighted by molar-refractivity contribution is 0.0996. The monoisotopic (exact) mass is 187 g/mol. The number of hydrogen-bond donors (Lipinski definition) is 3. The first-order valence-electron chi connectivity index (χ1n) is 2.90. The van der Waals surface area contributed by atoms with Gasteiger partial charge in [-0.2, -0.15) is 4.98 Å². The van der Waals surface area contributed by atoms with E-state index in [-0.39, 0.29) is 22.5 Å². The summed E-state index contributed by atoms with van der Waals surface area (Å²) < 4.78 is 0. The third kappa shape index (κ3) is 1.37. The van der Waals surface area contributed by atoms with E-state index < -0.39 is 5.91 Å². The molecule has 0 saturated carbocycles. The summed E-state index contributed by atoms with van der Waals surface area (Å²) in [5.41, 5.74) is 15.2. The van der Waals surface area contributed by atoms with Crippen LogP contribution in [-0.2, 0) is 0 Å². The molecule has 0 radical (unpaired) electrons. The van der Waals surface area contributed by atoms with Gasteiger partial charge in [0.15, 0.2) is 5.69 Å². The Balaban J connectivity index is 3.37. The highest BCUT2D eigenvalue weighted by molar-refractivity contribution is 6.35. The van der Waals surface area contributed by atoms with Crippen molar-refractivity contribution in [2.45, 2.75) is 0 Å². The van der Waals surface area contributed by atoms with Crippen LogP contribution in [0.25, 0.3) is 0 Å². The zero-order valence-corrected chi connectivity index (χ0v) is 6.67. The minimum Gasteiger partial charge on any atom is -0.382 e. The average molecular weight is 188 g/mol. The molecule has 1 heterocycles. The molecule has 0 unspecified atom stereocenters. The van der Waals surface area contributed by atoms with Crippen LogP contribution in [0.5, 0.6) is 0 Å². The van der Waals surface area contributed by atoms with Crippen molar-refractivity contribution in [3.05, 3.63) is 10.7 Å². The first-order valence-corrected chi connectivity index (χ1v) is 3.28. The molecule has 1 rings (SSSR count). The predicted octanol–water partition coefficient (Wildman–Crippen LogP) is -0.607. The SMILES string of the molecule is NC(=O)c1nc(N)nc(N)c1Cl. The Bertz CT molecular complexity index is 339. The van der Waals surface area contributed by atoms with Gasteiger partial charge in [0.05, 0.1) is 0 Å². The smallest absolute Gasteiger partial charge is 0.269 e. The molecule has 0 spiro atoms. The van der Waals surface area contributed by atoms with Gasteiger partial charge in [0.2, 0.25) is 5.95 Å². The topological polar surface area (TPSA) is 121 Å². The molecule has 0 aromatic carbocycles. The number of hydrogen-bond acceptors (Lipinski definition) is 5. The van der Waals surface area contributed by atoms with Gasteiger partial charge in [-0.15, -0.1) is 0 Å². The molecule has 1 aromatic rings. The van der Waals surface area contributed by atoms with Crippen LogP contribution in [0.4, 0.5) is 11.8 Å². The standard InChI is InChI=1S/C5H6ClN5O/c6-1-2(4(8)12)10-5(9)11-3(1)7/h(H2,8,12)(H4,7,9,10,11). The lowest BCUT2D eigenvalue weighted by Crippen LogP contribution is -2.16. The quantitative estimate of drug-likeness (QED) is 0.542. The van der Waals surface area contributed by atoms with Crippen LogP contribution in [0.3, 0.4) is 0 Å². The van der Waals surface area contributed by atoms with Crippen molar-refractivity contribution in [1.29, 1.82) is 0 Å². The van der Waals surface area contributed by atoms with E-state index >= 15 is 0 Å². The van der Waals surface area contributed by atoms with Crippen LogP contribution >= 0.6 is 11.6 Å². The van der Waals surface area contributed by atoms with Crippen molar-refractivity contribution >= 4 is 29.3 Å². The summed E-state index contributed by atoms with van der Waals surface area (Å²) in [5.74, 6) is -0.982. The summed E-state index contributed by atoms with van der Waals surface area (Å²) in [6.45, 7) is 0. The highest BCUT2D eigenvalue weighted by Crippen LogP contribution is 2.19. The Morgan fingerprint density at radius 3 is 2.42 bits per heavy atom. The molecule has 12 heavy (non-hydrogen) atoms. The van der Waals surface area contributed by atoms with E-state index in [4.69, 9.17) is 28.8 Å². The minimum atomic E-state index is -0.791. The summed E-state index contributed by atoms with van der Waals surface area (Å²) in [7, 11) is 0. The molecule has 1 aromatic heterocycles. The van der Waals surface area contributed by atoms with E-state index in [1.807, 2.05) is 0 Å². The van der Waals surface area contributed by atoms with Crippen molar-refractivity contribution in [2.75, 3.05) is 11.5 Å². The lowest BCUT2D eigenvalue weighted by atomic mass is 10.4. The number of halogens is 1. The number of nitrogens with two attached hydrogens (primary N) is 3. The molecule has 1 amide bonds. The molecule has 7 heteroatoms. The first kappa shape index (κ1) is 8.54. The fourth-order valence-corrected chi connectivity index (χ4v) is 0.823. The fourth-order valence-electron chi connectivity index (χ4n) is 0.646. The molecule has 0 aliphatic heterocycles. The predicted molar refractivity (Wildman–Crippen MR) is 44.4 cm³/mol. The van der Waals surface area contributed by atoms with Gasteiger partial charge in [0, 0.05) is 0 Å². The molecule has 6 nitrogen and oxygen atoms in total. The van der Waals surface area contributed by atoms with Gasteiger partial charge in [-0.1, -0.05) is 11.6 Å². The second-order valence-electron chi connectivity index (χ2n) is 1.99. The molecule has 0 aliphatic rings. The van der Waals surface area contributed by atoms with Crippen LogP contribution in [0.15, 0.2) is 0 Å².